The second kappa shape index (κ2) is 6.28. The summed E-state index contributed by atoms with van der Waals surface area (Å²) in [6.07, 6.45) is 5.25. The van der Waals surface area contributed by atoms with Gasteiger partial charge in [0.25, 0.3) is 0 Å². The highest BCUT2D eigenvalue weighted by Crippen LogP contribution is 2.02. The van der Waals surface area contributed by atoms with Gasteiger partial charge in [-0.15, -0.1) is 0 Å². The fraction of sp³-hybridized carbons (Fsp3) is 0.750. The lowest BCUT2D eigenvalue weighted by molar-refractivity contribution is 0.683. The Morgan fingerprint density at radius 2 is 2.10 bits per heavy atom. The van der Waals surface area contributed by atoms with Gasteiger partial charge in [-0.05, 0) is 12.8 Å². The van der Waals surface area contributed by atoms with E-state index in [0.717, 1.165) is 12.8 Å². The molecule has 0 heterocycles. The molecule has 0 atom stereocenters. The van der Waals surface area contributed by atoms with Crippen LogP contribution in [-0.4, -0.2) is 5.71 Å². The first kappa shape index (κ1) is 9.16. The minimum Gasteiger partial charge on any atom is -0.294 e. The minimum atomic E-state index is 0.219. The zero-order chi connectivity index (χ0) is 7.82. The first-order valence-corrected chi connectivity index (χ1v) is 3.78. The van der Waals surface area contributed by atoms with Crippen molar-refractivity contribution in [1.82, 2.24) is 0 Å². The summed E-state index contributed by atoms with van der Waals surface area (Å²) in [5, 5.41) is 15.2. The zero-order valence-corrected chi connectivity index (χ0v) is 6.48. The van der Waals surface area contributed by atoms with E-state index in [0.29, 0.717) is 6.42 Å². The van der Waals surface area contributed by atoms with E-state index >= 15 is 0 Å². The molecule has 0 aromatic carbocycles. The molecule has 10 heavy (non-hydrogen) atoms. The van der Waals surface area contributed by atoms with Crippen molar-refractivity contribution in [2.24, 2.45) is 0 Å². The van der Waals surface area contributed by atoms with Gasteiger partial charge in [0.1, 0.15) is 11.8 Å². The van der Waals surface area contributed by atoms with Gasteiger partial charge in [-0.1, -0.05) is 26.2 Å². The Kier molecular flexibility index (Phi) is 5.75. The van der Waals surface area contributed by atoms with Crippen molar-refractivity contribution in [1.29, 1.82) is 10.7 Å². The largest absolute Gasteiger partial charge is 0.294 e. The van der Waals surface area contributed by atoms with E-state index in [1.54, 1.807) is 0 Å². The van der Waals surface area contributed by atoms with E-state index < -0.39 is 0 Å². The monoisotopic (exact) mass is 138 g/mol. The maximum absolute atomic E-state index is 8.22. The number of hydrogen-bond donors (Lipinski definition) is 1. The first-order valence-electron chi connectivity index (χ1n) is 3.78. The van der Waals surface area contributed by atoms with Crippen LogP contribution in [0, 0.1) is 16.7 Å². The molecule has 2 heteroatoms. The second-order valence-electron chi connectivity index (χ2n) is 2.40. The van der Waals surface area contributed by atoms with Gasteiger partial charge in [0, 0.05) is 0 Å². The molecule has 0 amide bonds. The van der Waals surface area contributed by atoms with Gasteiger partial charge >= 0.3 is 0 Å². The minimum absolute atomic E-state index is 0.219. The van der Waals surface area contributed by atoms with Gasteiger partial charge < -0.3 is 0 Å². The smallest absolute Gasteiger partial charge is 0.114 e. The van der Waals surface area contributed by atoms with Crippen LogP contribution in [0.1, 0.15) is 39.0 Å². The highest BCUT2D eigenvalue weighted by atomic mass is 14.4. The molecular weight excluding hydrogens is 124 g/mol. The third-order valence-electron chi connectivity index (χ3n) is 1.42. The maximum Gasteiger partial charge on any atom is 0.114 e. The van der Waals surface area contributed by atoms with Crippen LogP contribution in [0.4, 0.5) is 0 Å². The van der Waals surface area contributed by atoms with Crippen molar-refractivity contribution >= 4 is 5.71 Å². The van der Waals surface area contributed by atoms with Crippen LogP contribution in [0.25, 0.3) is 0 Å². The fourth-order valence-corrected chi connectivity index (χ4v) is 0.784. The molecule has 0 aromatic heterocycles. The highest BCUT2D eigenvalue weighted by molar-refractivity contribution is 5.95. The predicted octanol–water partition coefficient (Wildman–Crippen LogP) is 2.50. The average molecular weight is 138 g/mol. The Balaban J connectivity index is 3.06. The number of hydrogen-bond acceptors (Lipinski definition) is 2. The van der Waals surface area contributed by atoms with E-state index in [-0.39, 0.29) is 5.71 Å². The van der Waals surface area contributed by atoms with Crippen LogP contribution in [0.3, 0.4) is 0 Å². The van der Waals surface area contributed by atoms with Gasteiger partial charge in [-0.2, -0.15) is 5.26 Å². The topological polar surface area (TPSA) is 47.6 Å². The number of nitrogens with zero attached hydrogens (tertiary/aromatic N) is 1. The third-order valence-corrected chi connectivity index (χ3v) is 1.42. The lowest BCUT2D eigenvalue weighted by Crippen LogP contribution is -1.90. The van der Waals surface area contributed by atoms with Gasteiger partial charge in [-0.25, -0.2) is 0 Å². The molecule has 0 aliphatic carbocycles. The highest BCUT2D eigenvalue weighted by Gasteiger charge is 1.92. The van der Waals surface area contributed by atoms with Crippen molar-refractivity contribution in [3.63, 3.8) is 0 Å². The number of nitrogens with one attached hydrogen (secondary N) is 1. The quantitative estimate of drug-likeness (QED) is 0.460. The molecule has 56 valence electrons. The second-order valence-corrected chi connectivity index (χ2v) is 2.40. The number of rotatable bonds is 5. The Morgan fingerprint density at radius 1 is 1.40 bits per heavy atom. The van der Waals surface area contributed by atoms with Crippen molar-refractivity contribution in [2.75, 3.05) is 0 Å². The molecule has 0 bridgehead atoms. The molecule has 0 aromatic rings. The van der Waals surface area contributed by atoms with Crippen molar-refractivity contribution in [3.8, 4) is 6.07 Å². The van der Waals surface area contributed by atoms with Crippen LogP contribution in [0.5, 0.6) is 0 Å². The van der Waals surface area contributed by atoms with Crippen LogP contribution in [-0.2, 0) is 0 Å². The maximum atomic E-state index is 8.22. The summed E-state index contributed by atoms with van der Waals surface area (Å²) in [5.41, 5.74) is 0.219. The first-order chi connectivity index (χ1) is 4.81. The molecule has 2 nitrogen and oxygen atoms in total. The van der Waals surface area contributed by atoms with Crippen LogP contribution >= 0.6 is 0 Å². The Labute approximate surface area is 62.4 Å². The fourth-order valence-electron chi connectivity index (χ4n) is 0.784. The molecule has 0 unspecified atom stereocenters. The van der Waals surface area contributed by atoms with E-state index in [1.165, 1.54) is 12.8 Å². The number of nitriles is 1. The van der Waals surface area contributed by atoms with Gasteiger partial charge in [0.15, 0.2) is 0 Å². The predicted molar refractivity (Wildman–Crippen MR) is 42.1 cm³/mol. The van der Waals surface area contributed by atoms with Crippen LogP contribution < -0.4 is 0 Å². The number of unbranched alkanes of at least 4 members (excludes halogenated alkanes) is 3. The third kappa shape index (κ3) is 5.30. The Morgan fingerprint density at radius 3 is 2.60 bits per heavy atom. The van der Waals surface area contributed by atoms with Gasteiger partial charge in [0.2, 0.25) is 0 Å². The lowest BCUT2D eigenvalue weighted by Gasteiger charge is -1.94. The molecule has 0 saturated carbocycles. The van der Waals surface area contributed by atoms with Crippen molar-refractivity contribution in [2.45, 2.75) is 39.0 Å². The molecular formula is C8H14N2. The summed E-state index contributed by atoms with van der Waals surface area (Å²) in [4.78, 5) is 0. The molecule has 0 fully saturated rings. The van der Waals surface area contributed by atoms with Crippen molar-refractivity contribution < 1.29 is 0 Å². The summed E-state index contributed by atoms with van der Waals surface area (Å²) in [5.74, 6) is 0. The molecule has 0 rings (SSSR count). The molecule has 0 aliphatic rings. The average Bonchev–Trinajstić information content (AvgIpc) is 1.98. The van der Waals surface area contributed by atoms with Gasteiger partial charge in [-0.3, -0.25) is 5.41 Å². The van der Waals surface area contributed by atoms with E-state index in [2.05, 4.69) is 6.92 Å². The van der Waals surface area contributed by atoms with E-state index in [4.69, 9.17) is 10.7 Å². The summed E-state index contributed by atoms with van der Waals surface area (Å²) in [6, 6.07) is 1.83. The SMILES string of the molecule is CCCCCCC(=N)C#N. The Bertz CT molecular complexity index is 133. The molecule has 0 aliphatic heterocycles. The van der Waals surface area contributed by atoms with E-state index in [1.807, 2.05) is 6.07 Å². The molecule has 0 spiro atoms. The summed E-state index contributed by atoms with van der Waals surface area (Å²) < 4.78 is 0. The zero-order valence-electron chi connectivity index (χ0n) is 6.48. The summed E-state index contributed by atoms with van der Waals surface area (Å²) >= 11 is 0. The molecule has 1 N–H and O–H groups in total. The normalized spacial score (nSPS) is 8.80. The van der Waals surface area contributed by atoms with Crippen LogP contribution in [0.2, 0.25) is 0 Å². The summed E-state index contributed by atoms with van der Waals surface area (Å²) in [7, 11) is 0. The molecule has 0 radical (unpaired) electrons. The molecule has 0 saturated heterocycles. The van der Waals surface area contributed by atoms with Crippen LogP contribution in [0.15, 0.2) is 0 Å². The summed E-state index contributed by atoms with van der Waals surface area (Å²) in [6.45, 7) is 2.15. The Hall–Kier alpha value is -0.840. The standard InChI is InChI=1S/C8H14N2/c1-2-3-4-5-6-8(10)7-9/h10H,2-6H2,1H3. The lowest BCUT2D eigenvalue weighted by atomic mass is 10.1. The van der Waals surface area contributed by atoms with E-state index in [9.17, 15) is 0 Å². The van der Waals surface area contributed by atoms with Gasteiger partial charge in [0.05, 0.1) is 0 Å². The van der Waals surface area contributed by atoms with Crippen molar-refractivity contribution in [3.05, 3.63) is 0 Å².